The molecule has 0 aliphatic rings. The highest BCUT2D eigenvalue weighted by Gasteiger charge is 2.16. The Morgan fingerprint density at radius 3 is 2.84 bits per heavy atom. The molecule has 0 aliphatic heterocycles. The normalized spacial score (nSPS) is 11.5. The van der Waals surface area contributed by atoms with Gasteiger partial charge in [-0.15, -0.1) is 31.7 Å². The number of nitrogens with one attached hydrogen (secondary N) is 1. The number of anilines is 1. The van der Waals surface area contributed by atoms with E-state index in [0.29, 0.717) is 23.5 Å². The van der Waals surface area contributed by atoms with Gasteiger partial charge in [-0.3, -0.25) is 13.8 Å². The van der Waals surface area contributed by atoms with E-state index in [1.165, 1.54) is 16.2 Å². The summed E-state index contributed by atoms with van der Waals surface area (Å²) in [6, 6.07) is 11.8. The van der Waals surface area contributed by atoms with E-state index in [4.69, 9.17) is 0 Å². The van der Waals surface area contributed by atoms with E-state index >= 15 is 0 Å². The first-order chi connectivity index (χ1) is 15.2. The number of aromatic nitrogens is 6. The van der Waals surface area contributed by atoms with Crippen LogP contribution >= 0.6 is 34.4 Å². The van der Waals surface area contributed by atoms with Gasteiger partial charge in [-0.05, 0) is 36.9 Å². The Bertz CT molecular complexity index is 1390. The highest BCUT2D eigenvalue weighted by Crippen LogP contribution is 2.28. The predicted molar refractivity (Wildman–Crippen MR) is 126 cm³/mol. The van der Waals surface area contributed by atoms with E-state index in [2.05, 4.69) is 43.2 Å². The molecule has 0 saturated carbocycles. The molecule has 4 aromatic heterocycles. The molecule has 5 rings (SSSR count). The van der Waals surface area contributed by atoms with Crippen LogP contribution in [0.4, 0.5) is 5.13 Å². The van der Waals surface area contributed by atoms with Crippen molar-refractivity contribution >= 4 is 56.2 Å². The lowest BCUT2D eigenvalue weighted by Gasteiger charge is -2.09. The van der Waals surface area contributed by atoms with Gasteiger partial charge in [-0.1, -0.05) is 41.3 Å². The van der Waals surface area contributed by atoms with Crippen molar-refractivity contribution in [1.29, 1.82) is 0 Å². The summed E-state index contributed by atoms with van der Waals surface area (Å²) in [5.41, 5.74) is 0.778. The van der Waals surface area contributed by atoms with Crippen molar-refractivity contribution in [3.63, 3.8) is 0 Å². The van der Waals surface area contributed by atoms with Crippen molar-refractivity contribution in [1.82, 2.24) is 29.4 Å². The van der Waals surface area contributed by atoms with Gasteiger partial charge < -0.3 is 5.32 Å². The van der Waals surface area contributed by atoms with E-state index in [-0.39, 0.29) is 5.56 Å². The minimum absolute atomic E-state index is 0.0420. The first-order valence-electron chi connectivity index (χ1n) is 9.82. The van der Waals surface area contributed by atoms with Crippen LogP contribution in [0.1, 0.15) is 17.6 Å². The number of hydrogen-bond donors (Lipinski definition) is 1. The molecule has 31 heavy (non-hydrogen) atoms. The van der Waals surface area contributed by atoms with Crippen LogP contribution in [0.2, 0.25) is 0 Å². The molecule has 0 spiro atoms. The smallest absolute Gasteiger partial charge is 0.262 e. The zero-order valence-electron chi connectivity index (χ0n) is 16.7. The summed E-state index contributed by atoms with van der Waals surface area (Å²) in [6.07, 6.45) is 0.970. The summed E-state index contributed by atoms with van der Waals surface area (Å²) in [4.78, 5) is 14.1. The molecule has 11 heteroatoms. The molecule has 0 radical (unpaired) electrons. The molecule has 0 unspecified atom stereocenters. The Morgan fingerprint density at radius 1 is 1.10 bits per heavy atom. The van der Waals surface area contributed by atoms with Gasteiger partial charge in [0.1, 0.15) is 5.82 Å². The van der Waals surface area contributed by atoms with Crippen LogP contribution in [0.15, 0.2) is 50.9 Å². The SMILES string of the molecule is CCn1c(=O)c2ccccc2n2c(CSc3nnc(NCCc4cccs4)s3)nnc12. The molecule has 0 bridgehead atoms. The molecule has 0 amide bonds. The molecular formula is C20H19N7OS3. The van der Waals surface area contributed by atoms with Crippen molar-refractivity contribution in [2.24, 2.45) is 0 Å². The standard InChI is InChI=1S/C20H19N7OS3/c1-2-26-17(28)14-7-3-4-8-15(14)27-16(22-24-19(26)27)12-30-20-25-23-18(31-20)21-10-9-13-6-5-11-29-13/h3-8,11H,2,9-10,12H2,1H3,(H,21,23). The van der Waals surface area contributed by atoms with Crippen LogP contribution in [-0.2, 0) is 18.7 Å². The van der Waals surface area contributed by atoms with E-state index in [0.717, 1.165) is 33.8 Å². The first-order valence-corrected chi connectivity index (χ1v) is 12.5. The average molecular weight is 470 g/mol. The van der Waals surface area contributed by atoms with Crippen molar-refractivity contribution < 1.29 is 0 Å². The number of benzene rings is 1. The fraction of sp³-hybridized carbons (Fsp3) is 0.250. The molecule has 8 nitrogen and oxygen atoms in total. The van der Waals surface area contributed by atoms with Gasteiger partial charge in [0.05, 0.1) is 16.7 Å². The molecule has 0 aliphatic carbocycles. The van der Waals surface area contributed by atoms with Crippen molar-refractivity contribution in [3.8, 4) is 0 Å². The number of thioether (sulfide) groups is 1. The van der Waals surface area contributed by atoms with Crippen LogP contribution in [0.3, 0.4) is 0 Å². The lowest BCUT2D eigenvalue weighted by atomic mass is 10.2. The number of rotatable bonds is 8. The zero-order valence-corrected chi connectivity index (χ0v) is 19.1. The van der Waals surface area contributed by atoms with Gasteiger partial charge in [0, 0.05) is 18.0 Å². The van der Waals surface area contributed by atoms with Gasteiger partial charge in [-0.25, -0.2) is 0 Å². The molecule has 0 saturated heterocycles. The second-order valence-electron chi connectivity index (χ2n) is 6.74. The first kappa shape index (κ1) is 20.2. The van der Waals surface area contributed by atoms with Gasteiger partial charge in [0.25, 0.3) is 5.56 Å². The third-order valence-electron chi connectivity index (χ3n) is 4.85. The largest absolute Gasteiger partial charge is 0.360 e. The molecule has 5 aromatic rings. The van der Waals surface area contributed by atoms with E-state index in [1.807, 2.05) is 35.6 Å². The molecule has 158 valence electrons. The maximum Gasteiger partial charge on any atom is 0.262 e. The topological polar surface area (TPSA) is 90.0 Å². The minimum atomic E-state index is -0.0420. The van der Waals surface area contributed by atoms with Gasteiger partial charge in [0.2, 0.25) is 10.9 Å². The number of thiophene rings is 1. The van der Waals surface area contributed by atoms with E-state index in [1.54, 1.807) is 27.7 Å². The fourth-order valence-corrected chi connectivity index (χ4v) is 5.81. The molecule has 4 heterocycles. The Kier molecular flexibility index (Phi) is 5.70. The van der Waals surface area contributed by atoms with Crippen LogP contribution in [0.5, 0.6) is 0 Å². The van der Waals surface area contributed by atoms with E-state index in [9.17, 15) is 4.79 Å². The van der Waals surface area contributed by atoms with Crippen LogP contribution in [0, 0.1) is 0 Å². The number of para-hydroxylation sites is 1. The van der Waals surface area contributed by atoms with E-state index < -0.39 is 0 Å². The summed E-state index contributed by atoms with van der Waals surface area (Å²) in [5, 5.41) is 24.1. The average Bonchev–Trinajstić information content (AvgIpc) is 3.54. The Morgan fingerprint density at radius 2 is 2.00 bits per heavy atom. The van der Waals surface area contributed by atoms with Gasteiger partial charge in [-0.2, -0.15) is 0 Å². The second-order valence-corrected chi connectivity index (χ2v) is 9.97. The van der Waals surface area contributed by atoms with Crippen LogP contribution in [-0.4, -0.2) is 35.9 Å². The maximum atomic E-state index is 12.8. The monoisotopic (exact) mass is 469 g/mol. The van der Waals surface area contributed by atoms with Gasteiger partial charge >= 0.3 is 0 Å². The molecular weight excluding hydrogens is 450 g/mol. The lowest BCUT2D eigenvalue weighted by Crippen LogP contribution is -2.22. The Balaban J connectivity index is 1.34. The second kappa shape index (κ2) is 8.77. The van der Waals surface area contributed by atoms with Crippen LogP contribution in [0.25, 0.3) is 16.7 Å². The highest BCUT2D eigenvalue weighted by atomic mass is 32.2. The number of nitrogens with zero attached hydrogens (tertiary/aromatic N) is 6. The molecule has 1 N–H and O–H groups in total. The highest BCUT2D eigenvalue weighted by molar-refractivity contribution is 8.00. The van der Waals surface area contributed by atoms with Crippen molar-refractivity contribution in [3.05, 3.63) is 62.8 Å². The maximum absolute atomic E-state index is 12.8. The molecule has 1 aromatic carbocycles. The molecule has 0 fully saturated rings. The summed E-state index contributed by atoms with van der Waals surface area (Å²) in [5.74, 6) is 1.92. The summed E-state index contributed by atoms with van der Waals surface area (Å²) in [7, 11) is 0. The fourth-order valence-electron chi connectivity index (χ4n) is 3.41. The minimum Gasteiger partial charge on any atom is -0.360 e. The zero-order chi connectivity index (χ0) is 21.2. The van der Waals surface area contributed by atoms with Crippen LogP contribution < -0.4 is 10.9 Å². The summed E-state index contributed by atoms with van der Waals surface area (Å²) < 4.78 is 4.49. The van der Waals surface area contributed by atoms with Crippen molar-refractivity contribution in [2.45, 2.75) is 30.0 Å². The third kappa shape index (κ3) is 3.95. The third-order valence-corrected chi connectivity index (χ3v) is 7.80. The summed E-state index contributed by atoms with van der Waals surface area (Å²) in [6.45, 7) is 3.30. The quantitative estimate of drug-likeness (QED) is 0.344. The number of aryl methyl sites for hydroxylation is 1. The number of fused-ring (bicyclic) bond motifs is 3. The molecule has 0 atom stereocenters. The van der Waals surface area contributed by atoms with Crippen molar-refractivity contribution in [2.75, 3.05) is 11.9 Å². The summed E-state index contributed by atoms with van der Waals surface area (Å²) >= 11 is 4.86. The number of hydrogen-bond acceptors (Lipinski definition) is 9. The Labute approximate surface area is 190 Å². The predicted octanol–water partition coefficient (Wildman–Crippen LogP) is 3.92. The lowest BCUT2D eigenvalue weighted by molar-refractivity contribution is 0.735. The van der Waals surface area contributed by atoms with Gasteiger partial charge in [0.15, 0.2) is 4.34 Å². The Hall–Kier alpha value is -2.76.